The first-order valence-electron chi connectivity index (χ1n) is 13.9. The van der Waals surface area contributed by atoms with Gasteiger partial charge >= 0.3 is 11.9 Å². The van der Waals surface area contributed by atoms with Crippen molar-refractivity contribution in [1.29, 1.82) is 0 Å². The molecule has 0 amide bonds. The van der Waals surface area contributed by atoms with E-state index in [0.29, 0.717) is 0 Å². The van der Waals surface area contributed by atoms with Gasteiger partial charge in [0.05, 0.1) is 21.6 Å². The zero-order valence-electron chi connectivity index (χ0n) is 23.7. The average molecular weight is 582 g/mol. The van der Waals surface area contributed by atoms with Gasteiger partial charge in [-0.2, -0.15) is 0 Å². The maximum Gasteiger partial charge on any atom is 0.310 e. The van der Waals surface area contributed by atoms with Gasteiger partial charge in [-0.1, -0.05) is 127 Å². The third kappa shape index (κ3) is 9.67. The highest BCUT2D eigenvalue weighted by molar-refractivity contribution is 6.86. The fourth-order valence-electron chi connectivity index (χ4n) is 4.59. The fraction of sp³-hybridized carbons (Fsp3) is 0.235. The molecule has 0 aromatic heterocycles. The predicted molar refractivity (Wildman–Crippen MR) is 167 cm³/mol. The van der Waals surface area contributed by atoms with Crippen LogP contribution in [-0.4, -0.2) is 33.8 Å². The first-order valence-corrected chi connectivity index (χ1v) is 18.8. The van der Waals surface area contributed by atoms with Crippen LogP contribution in [0.1, 0.15) is 22.3 Å². The standard InChI is InChI=1S/C34H37O5Si2/c1-40(31-17-9-15-29(21-31)23-33(35)38-25-27-11-5-3-6-12-27)19-20-41(2,37)32-18-10-16-30(22-32)24-34(36)39-26-28-13-7-4-8-14-28/h3-18,21-22,37H,19-20,23-26H2,1-2H3. The van der Waals surface area contributed by atoms with Crippen molar-refractivity contribution in [3.05, 3.63) is 131 Å². The number of benzene rings is 4. The number of esters is 2. The van der Waals surface area contributed by atoms with Crippen molar-refractivity contribution < 1.29 is 23.9 Å². The molecule has 0 fully saturated rings. The summed E-state index contributed by atoms with van der Waals surface area (Å²) < 4.78 is 10.9. The van der Waals surface area contributed by atoms with Crippen molar-refractivity contribution in [3.63, 3.8) is 0 Å². The third-order valence-electron chi connectivity index (χ3n) is 7.14. The number of hydrogen-bond acceptors (Lipinski definition) is 5. The molecule has 4 aromatic carbocycles. The van der Waals surface area contributed by atoms with E-state index in [0.717, 1.165) is 39.5 Å². The molecule has 5 nitrogen and oxygen atoms in total. The molecule has 1 N–H and O–H groups in total. The van der Waals surface area contributed by atoms with Crippen LogP contribution in [-0.2, 0) is 45.1 Å². The summed E-state index contributed by atoms with van der Waals surface area (Å²) in [4.78, 5) is 36.3. The molecule has 4 aromatic rings. The number of carbonyl (C=O) groups is 2. The molecule has 0 saturated carbocycles. The molecule has 0 aliphatic heterocycles. The molecular formula is C34H37O5Si2. The molecule has 1 unspecified atom stereocenters. The Labute approximate surface area is 245 Å². The second kappa shape index (κ2) is 14.7. The molecule has 1 radical (unpaired) electrons. The second-order valence-corrected chi connectivity index (χ2v) is 16.9. The van der Waals surface area contributed by atoms with Crippen LogP contribution in [0, 0.1) is 0 Å². The predicted octanol–water partition coefficient (Wildman–Crippen LogP) is 5.06. The fourth-order valence-corrected chi connectivity index (χ4v) is 10.4. The van der Waals surface area contributed by atoms with E-state index >= 15 is 0 Å². The highest BCUT2D eigenvalue weighted by Gasteiger charge is 2.28. The van der Waals surface area contributed by atoms with Gasteiger partial charge in [-0.15, -0.1) is 0 Å². The SMILES string of the molecule is C[Si](CC[Si](C)(O)c1cccc(CC(=O)OCc2ccccc2)c1)c1cccc(CC(=O)OCc2ccccc2)c1. The maximum atomic E-state index is 12.4. The van der Waals surface area contributed by atoms with Gasteiger partial charge in [-0.3, -0.25) is 9.59 Å². The van der Waals surface area contributed by atoms with E-state index in [-0.39, 0.29) is 38.0 Å². The summed E-state index contributed by atoms with van der Waals surface area (Å²) in [5, 5.41) is 2.17. The van der Waals surface area contributed by atoms with Crippen LogP contribution in [0.3, 0.4) is 0 Å². The summed E-state index contributed by atoms with van der Waals surface area (Å²) >= 11 is 0. The highest BCUT2D eigenvalue weighted by atomic mass is 28.4. The quantitative estimate of drug-likeness (QED) is 0.176. The van der Waals surface area contributed by atoms with Crippen LogP contribution in [0.2, 0.25) is 25.2 Å². The van der Waals surface area contributed by atoms with Gasteiger partial charge in [-0.25, -0.2) is 0 Å². The third-order valence-corrected chi connectivity index (χ3v) is 12.7. The summed E-state index contributed by atoms with van der Waals surface area (Å²) in [5.74, 6) is -0.523. The van der Waals surface area contributed by atoms with Gasteiger partial charge in [0.1, 0.15) is 13.2 Å². The summed E-state index contributed by atoms with van der Waals surface area (Å²) in [6.45, 7) is 4.75. The lowest BCUT2D eigenvalue weighted by Gasteiger charge is -2.23. The monoisotopic (exact) mass is 581 g/mol. The molecule has 1 atom stereocenters. The van der Waals surface area contributed by atoms with E-state index in [4.69, 9.17) is 9.47 Å². The van der Waals surface area contributed by atoms with E-state index in [1.54, 1.807) is 0 Å². The lowest BCUT2D eigenvalue weighted by molar-refractivity contribution is -0.145. The van der Waals surface area contributed by atoms with Crippen molar-refractivity contribution >= 4 is 39.4 Å². The Morgan fingerprint density at radius 3 is 1.73 bits per heavy atom. The summed E-state index contributed by atoms with van der Waals surface area (Å²) in [7, 11) is -3.64. The summed E-state index contributed by atoms with van der Waals surface area (Å²) in [6.07, 6.45) is 0.414. The molecule has 0 bridgehead atoms. The van der Waals surface area contributed by atoms with Crippen molar-refractivity contribution in [2.75, 3.05) is 0 Å². The van der Waals surface area contributed by atoms with E-state index in [1.807, 2.05) is 104 Å². The molecule has 211 valence electrons. The van der Waals surface area contributed by atoms with Crippen LogP contribution in [0.5, 0.6) is 0 Å². The second-order valence-electron chi connectivity index (χ2n) is 10.6. The van der Waals surface area contributed by atoms with Crippen LogP contribution < -0.4 is 10.4 Å². The minimum atomic E-state index is -2.71. The van der Waals surface area contributed by atoms with Gasteiger partial charge in [-0.05, 0) is 40.0 Å². The minimum absolute atomic E-state index is 0.175. The Morgan fingerprint density at radius 2 is 1.17 bits per heavy atom. The molecular weight excluding hydrogens is 545 g/mol. The first kappa shape index (κ1) is 30.2. The van der Waals surface area contributed by atoms with E-state index in [9.17, 15) is 14.4 Å². The topological polar surface area (TPSA) is 72.8 Å². The van der Waals surface area contributed by atoms with Gasteiger partial charge < -0.3 is 14.3 Å². The van der Waals surface area contributed by atoms with E-state index in [2.05, 4.69) is 18.7 Å². The molecule has 4 rings (SSSR count). The summed E-state index contributed by atoms with van der Waals surface area (Å²) in [6, 6.07) is 36.9. The normalized spacial score (nSPS) is 12.5. The number of ether oxygens (including phenoxy) is 2. The molecule has 7 heteroatoms. The Balaban J connectivity index is 1.28. The van der Waals surface area contributed by atoms with Crippen LogP contribution in [0.4, 0.5) is 0 Å². The molecule has 0 aliphatic carbocycles. The largest absolute Gasteiger partial charge is 0.461 e. The van der Waals surface area contributed by atoms with Crippen molar-refractivity contribution in [2.24, 2.45) is 0 Å². The zero-order valence-corrected chi connectivity index (χ0v) is 25.7. The summed E-state index contributed by atoms with van der Waals surface area (Å²) in [5.41, 5.74) is 3.72. The molecule has 41 heavy (non-hydrogen) atoms. The van der Waals surface area contributed by atoms with Gasteiger partial charge in [0, 0.05) is 0 Å². The van der Waals surface area contributed by atoms with Crippen LogP contribution >= 0.6 is 0 Å². The molecule has 0 saturated heterocycles. The molecule has 0 aliphatic rings. The highest BCUT2D eigenvalue weighted by Crippen LogP contribution is 2.15. The van der Waals surface area contributed by atoms with Gasteiger partial charge in [0.2, 0.25) is 8.32 Å². The molecule has 0 heterocycles. The van der Waals surface area contributed by atoms with E-state index < -0.39 is 17.1 Å². The Morgan fingerprint density at radius 1 is 0.683 bits per heavy atom. The van der Waals surface area contributed by atoms with Crippen molar-refractivity contribution in [2.45, 2.75) is 51.2 Å². The van der Waals surface area contributed by atoms with Gasteiger partial charge in [0.25, 0.3) is 0 Å². The zero-order chi connectivity index (χ0) is 29.1. The molecule has 0 spiro atoms. The van der Waals surface area contributed by atoms with Gasteiger partial charge in [0.15, 0.2) is 0 Å². The Kier molecular flexibility index (Phi) is 10.8. The van der Waals surface area contributed by atoms with E-state index in [1.165, 1.54) is 5.19 Å². The smallest absolute Gasteiger partial charge is 0.310 e. The maximum absolute atomic E-state index is 12.4. The Hall–Kier alpha value is -3.79. The minimum Gasteiger partial charge on any atom is -0.461 e. The lowest BCUT2D eigenvalue weighted by atomic mass is 10.1. The van der Waals surface area contributed by atoms with Crippen molar-refractivity contribution in [3.8, 4) is 0 Å². The van der Waals surface area contributed by atoms with Crippen LogP contribution in [0.15, 0.2) is 109 Å². The van der Waals surface area contributed by atoms with Crippen LogP contribution in [0.25, 0.3) is 0 Å². The lowest BCUT2D eigenvalue weighted by Crippen LogP contribution is -2.46. The number of rotatable bonds is 13. The van der Waals surface area contributed by atoms with Crippen molar-refractivity contribution in [1.82, 2.24) is 0 Å². The average Bonchev–Trinajstić information content (AvgIpc) is 2.99. The number of hydrogen-bond donors (Lipinski definition) is 1. The number of carbonyl (C=O) groups excluding carboxylic acids is 2. The Bertz CT molecular complexity index is 1420. The first-order chi connectivity index (χ1) is 19.8.